The number of nitrogens with zero attached hydrogens (tertiary/aromatic N) is 4. The standard InChI is InChI=1S/C27H28ClF3N6O3S/c1-15(2)36-9-7-17(8-10-36)33-26(39)24-19-11-16(25(38)32-14-27(29,30)31)3-4-20(19)37(34-24)13-18-12-21(40-35-18)22-5-6-23(28)41-22/h3-6,11-12,15,17H,7-10,13-14H2,1-2H3,(H,32,38)(H,33,39). The van der Waals surface area contributed by atoms with Crippen molar-refractivity contribution in [1.29, 1.82) is 0 Å². The second-order valence-corrected chi connectivity index (χ2v) is 11.9. The van der Waals surface area contributed by atoms with Crippen LogP contribution in [0.1, 0.15) is 53.2 Å². The minimum absolute atomic E-state index is 0.0149. The van der Waals surface area contributed by atoms with Crippen molar-refractivity contribution in [3.63, 3.8) is 0 Å². The quantitative estimate of drug-likeness (QED) is 0.279. The first-order chi connectivity index (χ1) is 19.5. The van der Waals surface area contributed by atoms with Crippen molar-refractivity contribution in [2.45, 2.75) is 51.5 Å². The van der Waals surface area contributed by atoms with Crippen LogP contribution in [0.2, 0.25) is 4.34 Å². The summed E-state index contributed by atoms with van der Waals surface area (Å²) in [6.07, 6.45) is -2.99. The molecule has 4 heterocycles. The van der Waals surface area contributed by atoms with Crippen molar-refractivity contribution in [2.75, 3.05) is 19.6 Å². The summed E-state index contributed by atoms with van der Waals surface area (Å²) in [6.45, 7) is 4.66. The van der Waals surface area contributed by atoms with Crippen molar-refractivity contribution in [1.82, 2.24) is 30.5 Å². The normalized spacial score (nSPS) is 15.1. The van der Waals surface area contributed by atoms with Gasteiger partial charge in [0.15, 0.2) is 11.5 Å². The van der Waals surface area contributed by atoms with Gasteiger partial charge in [-0.05, 0) is 57.0 Å². The number of piperidine rings is 1. The zero-order valence-corrected chi connectivity index (χ0v) is 23.9. The first-order valence-electron chi connectivity index (χ1n) is 13.1. The lowest BCUT2D eigenvalue weighted by molar-refractivity contribution is -0.123. The number of amides is 2. The Morgan fingerprint density at radius 1 is 1.15 bits per heavy atom. The number of alkyl halides is 3. The molecule has 218 valence electrons. The van der Waals surface area contributed by atoms with Gasteiger partial charge in [0.25, 0.3) is 11.8 Å². The number of likely N-dealkylation sites (tertiary alicyclic amines) is 1. The van der Waals surface area contributed by atoms with Gasteiger partial charge in [-0.3, -0.25) is 14.3 Å². The zero-order valence-electron chi connectivity index (χ0n) is 22.3. The van der Waals surface area contributed by atoms with Gasteiger partial charge in [-0.2, -0.15) is 18.3 Å². The summed E-state index contributed by atoms with van der Waals surface area (Å²) in [5.41, 5.74) is 1.11. The minimum atomic E-state index is -4.55. The molecule has 4 aromatic rings. The van der Waals surface area contributed by atoms with Crippen molar-refractivity contribution < 1.29 is 27.3 Å². The molecule has 2 N–H and O–H groups in total. The summed E-state index contributed by atoms with van der Waals surface area (Å²) in [6, 6.07) is 10.0. The Balaban J connectivity index is 1.42. The molecule has 0 radical (unpaired) electrons. The van der Waals surface area contributed by atoms with Gasteiger partial charge < -0.3 is 20.1 Å². The van der Waals surface area contributed by atoms with E-state index >= 15 is 0 Å². The number of nitrogens with one attached hydrogen (secondary N) is 2. The highest BCUT2D eigenvalue weighted by molar-refractivity contribution is 7.19. The smallest absolute Gasteiger partial charge is 0.355 e. The third kappa shape index (κ3) is 6.91. The number of rotatable bonds is 8. The zero-order chi connectivity index (χ0) is 29.3. The molecular weight excluding hydrogens is 581 g/mol. The van der Waals surface area contributed by atoms with Crippen molar-refractivity contribution in [2.24, 2.45) is 0 Å². The van der Waals surface area contributed by atoms with Crippen molar-refractivity contribution in [3.8, 4) is 10.6 Å². The van der Waals surface area contributed by atoms with Gasteiger partial charge in [-0.25, -0.2) is 0 Å². The number of hydrogen-bond donors (Lipinski definition) is 2. The molecular formula is C27H28ClF3N6O3S. The average Bonchev–Trinajstić information content (AvgIpc) is 3.66. The number of halogens is 4. The lowest BCUT2D eigenvalue weighted by Crippen LogP contribution is -2.46. The van der Waals surface area contributed by atoms with E-state index in [9.17, 15) is 22.8 Å². The van der Waals surface area contributed by atoms with E-state index in [2.05, 4.69) is 34.3 Å². The fourth-order valence-corrected chi connectivity index (χ4v) is 5.80. The van der Waals surface area contributed by atoms with Crippen LogP contribution in [0.15, 0.2) is 40.9 Å². The van der Waals surface area contributed by atoms with Crippen LogP contribution in [0.3, 0.4) is 0 Å². The van der Waals surface area contributed by atoms with Gasteiger partial charge in [0.1, 0.15) is 12.2 Å². The number of carbonyl (C=O) groups is 2. The predicted octanol–water partition coefficient (Wildman–Crippen LogP) is 5.35. The van der Waals surface area contributed by atoms with E-state index in [1.54, 1.807) is 22.9 Å². The Hall–Kier alpha value is -3.42. The Morgan fingerprint density at radius 3 is 2.56 bits per heavy atom. The van der Waals surface area contributed by atoms with Crippen LogP contribution in [-0.4, -0.2) is 69.5 Å². The van der Waals surface area contributed by atoms with E-state index in [0.717, 1.165) is 30.8 Å². The number of carbonyl (C=O) groups excluding carboxylic acids is 2. The highest BCUT2D eigenvalue weighted by atomic mass is 35.5. The second-order valence-electron chi connectivity index (χ2n) is 10.2. The Labute approximate surface area is 242 Å². The van der Waals surface area contributed by atoms with E-state index in [0.29, 0.717) is 32.7 Å². The molecule has 41 heavy (non-hydrogen) atoms. The van der Waals surface area contributed by atoms with Crippen LogP contribution in [0, 0.1) is 0 Å². The van der Waals surface area contributed by atoms with E-state index in [1.807, 2.05) is 11.4 Å². The first kappa shape index (κ1) is 29.1. The van der Waals surface area contributed by atoms with E-state index in [1.165, 1.54) is 23.5 Å². The van der Waals surface area contributed by atoms with Gasteiger partial charge in [-0.15, -0.1) is 11.3 Å². The molecule has 0 aliphatic carbocycles. The molecule has 1 saturated heterocycles. The number of hydrogen-bond acceptors (Lipinski definition) is 7. The summed E-state index contributed by atoms with van der Waals surface area (Å²) < 4.78 is 45.6. The van der Waals surface area contributed by atoms with Crippen LogP contribution in [0.4, 0.5) is 13.2 Å². The maximum absolute atomic E-state index is 13.4. The molecule has 1 aliphatic rings. The second kappa shape index (κ2) is 11.8. The molecule has 0 atom stereocenters. The largest absolute Gasteiger partial charge is 0.405 e. The maximum atomic E-state index is 13.4. The minimum Gasteiger partial charge on any atom is -0.355 e. The first-order valence-corrected chi connectivity index (χ1v) is 14.3. The Bertz CT molecular complexity index is 1560. The van der Waals surface area contributed by atoms with Gasteiger partial charge in [-0.1, -0.05) is 16.8 Å². The van der Waals surface area contributed by atoms with Gasteiger partial charge in [0.05, 0.1) is 21.3 Å². The molecule has 1 aromatic carbocycles. The maximum Gasteiger partial charge on any atom is 0.405 e. The molecule has 1 aliphatic heterocycles. The summed E-state index contributed by atoms with van der Waals surface area (Å²) in [5, 5.41) is 13.9. The summed E-state index contributed by atoms with van der Waals surface area (Å²) >= 11 is 7.37. The van der Waals surface area contributed by atoms with Gasteiger partial charge in [0.2, 0.25) is 0 Å². The highest BCUT2D eigenvalue weighted by Crippen LogP contribution is 2.32. The molecule has 5 rings (SSSR count). The predicted molar refractivity (Wildman–Crippen MR) is 149 cm³/mol. The van der Waals surface area contributed by atoms with E-state index in [-0.39, 0.29) is 23.8 Å². The monoisotopic (exact) mass is 608 g/mol. The molecule has 2 amide bonds. The van der Waals surface area contributed by atoms with E-state index < -0.39 is 24.5 Å². The topological polar surface area (TPSA) is 105 Å². The molecule has 9 nitrogen and oxygen atoms in total. The highest BCUT2D eigenvalue weighted by Gasteiger charge is 2.29. The summed E-state index contributed by atoms with van der Waals surface area (Å²) in [4.78, 5) is 29.1. The van der Waals surface area contributed by atoms with Crippen LogP contribution >= 0.6 is 22.9 Å². The van der Waals surface area contributed by atoms with E-state index in [4.69, 9.17) is 16.1 Å². The SMILES string of the molecule is CC(C)N1CCC(NC(=O)c2nn(Cc3cc(-c4ccc(Cl)s4)on3)c3ccc(C(=O)NCC(F)(F)F)cc23)CC1. The number of aromatic nitrogens is 3. The molecule has 1 fully saturated rings. The average molecular weight is 609 g/mol. The molecule has 0 saturated carbocycles. The Kier molecular flexibility index (Phi) is 8.39. The fourth-order valence-electron chi connectivity index (χ4n) is 4.81. The fraction of sp³-hybridized carbons (Fsp3) is 0.407. The molecule has 0 unspecified atom stereocenters. The lowest BCUT2D eigenvalue weighted by Gasteiger charge is -2.34. The van der Waals surface area contributed by atoms with Crippen molar-refractivity contribution in [3.05, 3.63) is 57.7 Å². The van der Waals surface area contributed by atoms with Crippen LogP contribution in [0.25, 0.3) is 21.5 Å². The number of fused-ring (bicyclic) bond motifs is 1. The number of thiophene rings is 1. The summed E-state index contributed by atoms with van der Waals surface area (Å²) in [5.74, 6) is -0.790. The van der Waals surface area contributed by atoms with Gasteiger partial charge in [0, 0.05) is 42.2 Å². The summed E-state index contributed by atoms with van der Waals surface area (Å²) in [7, 11) is 0. The molecule has 0 spiro atoms. The third-order valence-corrected chi connectivity index (χ3v) is 8.20. The Morgan fingerprint density at radius 2 is 1.90 bits per heavy atom. The molecule has 14 heteroatoms. The van der Waals surface area contributed by atoms with Crippen LogP contribution in [0.5, 0.6) is 0 Å². The lowest BCUT2D eigenvalue weighted by atomic mass is 10.0. The number of benzene rings is 1. The molecule has 0 bridgehead atoms. The van der Waals surface area contributed by atoms with Crippen LogP contribution < -0.4 is 10.6 Å². The molecule has 3 aromatic heterocycles. The van der Waals surface area contributed by atoms with Gasteiger partial charge >= 0.3 is 6.18 Å². The third-order valence-electron chi connectivity index (χ3n) is 6.96. The van der Waals surface area contributed by atoms with Crippen LogP contribution in [-0.2, 0) is 6.54 Å². The van der Waals surface area contributed by atoms with Crippen molar-refractivity contribution >= 4 is 45.7 Å².